The van der Waals surface area contributed by atoms with Gasteiger partial charge in [0.25, 0.3) is 0 Å². The first kappa shape index (κ1) is 14.3. The average Bonchev–Trinajstić information content (AvgIpc) is 2.38. The second kappa shape index (κ2) is 5.87. The van der Waals surface area contributed by atoms with Gasteiger partial charge in [-0.2, -0.15) is 0 Å². The Kier molecular flexibility index (Phi) is 4.19. The van der Waals surface area contributed by atoms with Gasteiger partial charge in [-0.3, -0.25) is 0 Å². The van der Waals surface area contributed by atoms with Crippen molar-refractivity contribution in [3.05, 3.63) is 29.6 Å². The van der Waals surface area contributed by atoms with Crippen molar-refractivity contribution in [2.24, 2.45) is 0 Å². The lowest BCUT2D eigenvalue weighted by Crippen LogP contribution is -2.44. The summed E-state index contributed by atoms with van der Waals surface area (Å²) in [5.74, 6) is -2.36. The van der Waals surface area contributed by atoms with Crippen LogP contribution in [0.4, 0.5) is 14.9 Å². The van der Waals surface area contributed by atoms with Crippen LogP contribution in [0.2, 0.25) is 0 Å². The van der Waals surface area contributed by atoms with Crippen molar-refractivity contribution in [2.45, 2.75) is 18.9 Å². The van der Waals surface area contributed by atoms with Crippen LogP contribution in [0.3, 0.4) is 0 Å². The molecule has 1 aliphatic rings. The molecule has 0 aromatic heterocycles. The van der Waals surface area contributed by atoms with Gasteiger partial charge in [0.1, 0.15) is 11.4 Å². The Labute approximate surface area is 114 Å². The fraction of sp³-hybridized carbons (Fsp3) is 0.385. The normalized spacial score (nSPS) is 18.7. The van der Waals surface area contributed by atoms with E-state index >= 15 is 0 Å². The molecule has 1 fully saturated rings. The van der Waals surface area contributed by atoms with Gasteiger partial charge in [-0.1, -0.05) is 6.07 Å². The summed E-state index contributed by atoms with van der Waals surface area (Å²) < 4.78 is 13.5. The molecule has 1 atom stereocenters. The SMILES string of the molecule is O=C(O)c1c(F)cccc1NC(=O)N1CCCC(O)C1. The topological polar surface area (TPSA) is 89.9 Å². The summed E-state index contributed by atoms with van der Waals surface area (Å²) in [5.41, 5.74) is -0.666. The largest absolute Gasteiger partial charge is 0.478 e. The van der Waals surface area contributed by atoms with E-state index in [2.05, 4.69) is 5.32 Å². The maximum absolute atomic E-state index is 13.5. The van der Waals surface area contributed by atoms with Crippen molar-refractivity contribution in [3.8, 4) is 0 Å². The van der Waals surface area contributed by atoms with Gasteiger partial charge >= 0.3 is 12.0 Å². The van der Waals surface area contributed by atoms with Crippen LogP contribution in [0.1, 0.15) is 23.2 Å². The maximum Gasteiger partial charge on any atom is 0.340 e. The fourth-order valence-electron chi connectivity index (χ4n) is 2.18. The Morgan fingerprint density at radius 2 is 2.15 bits per heavy atom. The molecule has 1 unspecified atom stereocenters. The van der Waals surface area contributed by atoms with Crippen molar-refractivity contribution < 1.29 is 24.2 Å². The zero-order valence-corrected chi connectivity index (χ0v) is 10.7. The number of benzene rings is 1. The number of carbonyl (C=O) groups excluding carboxylic acids is 1. The molecule has 108 valence electrons. The van der Waals surface area contributed by atoms with Crippen molar-refractivity contribution in [2.75, 3.05) is 18.4 Å². The molecule has 1 aliphatic heterocycles. The summed E-state index contributed by atoms with van der Waals surface area (Å²) in [6.45, 7) is 0.657. The number of aromatic carboxylic acids is 1. The number of halogens is 1. The number of carboxylic acids is 1. The molecule has 2 rings (SSSR count). The van der Waals surface area contributed by atoms with Gasteiger partial charge in [-0.15, -0.1) is 0 Å². The van der Waals surface area contributed by atoms with Crippen LogP contribution < -0.4 is 5.32 Å². The van der Waals surface area contributed by atoms with Crippen LogP contribution in [0, 0.1) is 5.82 Å². The molecule has 1 heterocycles. The number of nitrogens with zero attached hydrogens (tertiary/aromatic N) is 1. The molecule has 1 aromatic carbocycles. The lowest BCUT2D eigenvalue weighted by atomic mass is 10.1. The molecule has 0 aliphatic carbocycles. The second-order valence-corrected chi connectivity index (χ2v) is 4.64. The molecular weight excluding hydrogens is 267 g/mol. The van der Waals surface area contributed by atoms with E-state index in [9.17, 15) is 19.1 Å². The minimum absolute atomic E-state index is 0.0948. The van der Waals surface area contributed by atoms with Gasteiger partial charge < -0.3 is 20.4 Å². The highest BCUT2D eigenvalue weighted by Gasteiger charge is 2.24. The number of nitrogens with one attached hydrogen (secondary N) is 1. The Bertz CT molecular complexity index is 535. The molecule has 20 heavy (non-hydrogen) atoms. The van der Waals surface area contributed by atoms with E-state index in [0.717, 1.165) is 6.07 Å². The average molecular weight is 282 g/mol. The third-order valence-electron chi connectivity index (χ3n) is 3.15. The fourth-order valence-corrected chi connectivity index (χ4v) is 2.18. The number of likely N-dealkylation sites (tertiary alicyclic amines) is 1. The van der Waals surface area contributed by atoms with E-state index in [1.165, 1.54) is 17.0 Å². The van der Waals surface area contributed by atoms with Crippen LogP contribution in [0.5, 0.6) is 0 Å². The lowest BCUT2D eigenvalue weighted by Gasteiger charge is -2.30. The number of urea groups is 1. The summed E-state index contributed by atoms with van der Waals surface area (Å²) in [4.78, 5) is 24.4. The minimum atomic E-state index is -1.45. The minimum Gasteiger partial charge on any atom is -0.478 e. The number of aliphatic hydroxyl groups excluding tert-OH is 1. The summed E-state index contributed by atoms with van der Waals surface area (Å²) in [5, 5.41) is 20.9. The van der Waals surface area contributed by atoms with Crippen LogP contribution >= 0.6 is 0 Å². The molecular formula is C13H15FN2O4. The molecule has 3 N–H and O–H groups in total. The number of hydrogen-bond acceptors (Lipinski definition) is 3. The summed E-state index contributed by atoms with van der Waals surface area (Å²) in [7, 11) is 0. The highest BCUT2D eigenvalue weighted by Crippen LogP contribution is 2.20. The predicted octanol–water partition coefficient (Wildman–Crippen LogP) is 1.51. The predicted molar refractivity (Wildman–Crippen MR) is 69.2 cm³/mol. The van der Waals surface area contributed by atoms with E-state index < -0.39 is 29.5 Å². The van der Waals surface area contributed by atoms with Crippen LogP contribution in [-0.2, 0) is 0 Å². The van der Waals surface area contributed by atoms with Crippen LogP contribution in [0.25, 0.3) is 0 Å². The first-order chi connectivity index (χ1) is 9.49. The van der Waals surface area contributed by atoms with Gasteiger partial charge in [0, 0.05) is 13.1 Å². The third kappa shape index (κ3) is 3.05. The standard InChI is InChI=1S/C13H15FN2O4/c14-9-4-1-5-10(11(9)12(18)19)15-13(20)16-6-2-3-8(17)7-16/h1,4-5,8,17H,2-3,6-7H2,(H,15,20)(H,18,19). The molecule has 6 nitrogen and oxygen atoms in total. The monoisotopic (exact) mass is 282 g/mol. The van der Waals surface area contributed by atoms with Crippen molar-refractivity contribution >= 4 is 17.7 Å². The van der Waals surface area contributed by atoms with E-state index in [1.807, 2.05) is 0 Å². The van der Waals surface area contributed by atoms with E-state index in [4.69, 9.17) is 5.11 Å². The number of carboxylic acid groups (broad SMARTS) is 1. The lowest BCUT2D eigenvalue weighted by molar-refractivity contribution is 0.0692. The van der Waals surface area contributed by atoms with Crippen molar-refractivity contribution in [1.82, 2.24) is 4.90 Å². The third-order valence-corrected chi connectivity index (χ3v) is 3.15. The highest BCUT2D eigenvalue weighted by molar-refractivity contribution is 6.00. The number of β-amino-alcohol motifs (C(OH)–C–C–N with tert-alkyl or cyclic N) is 1. The molecule has 7 heteroatoms. The summed E-state index contributed by atoms with van der Waals surface area (Å²) >= 11 is 0. The van der Waals surface area contributed by atoms with Gasteiger partial charge in [-0.25, -0.2) is 14.0 Å². The van der Waals surface area contributed by atoms with Gasteiger partial charge in [0.05, 0.1) is 11.8 Å². The number of piperidine rings is 1. The Morgan fingerprint density at radius 3 is 2.80 bits per heavy atom. The van der Waals surface area contributed by atoms with Crippen LogP contribution in [0.15, 0.2) is 18.2 Å². The molecule has 0 bridgehead atoms. The number of hydrogen-bond donors (Lipinski definition) is 3. The molecule has 1 aromatic rings. The molecule has 0 radical (unpaired) electrons. The molecule has 0 spiro atoms. The van der Waals surface area contributed by atoms with Crippen molar-refractivity contribution in [1.29, 1.82) is 0 Å². The highest BCUT2D eigenvalue weighted by atomic mass is 19.1. The number of carbonyl (C=O) groups is 2. The number of rotatable bonds is 2. The molecule has 2 amide bonds. The van der Waals surface area contributed by atoms with E-state index in [0.29, 0.717) is 19.4 Å². The Hall–Kier alpha value is -2.15. The number of anilines is 1. The smallest absolute Gasteiger partial charge is 0.340 e. The second-order valence-electron chi connectivity index (χ2n) is 4.64. The zero-order valence-electron chi connectivity index (χ0n) is 10.7. The van der Waals surface area contributed by atoms with Crippen molar-refractivity contribution in [3.63, 3.8) is 0 Å². The Morgan fingerprint density at radius 1 is 1.40 bits per heavy atom. The zero-order chi connectivity index (χ0) is 14.7. The van der Waals surface area contributed by atoms with Gasteiger partial charge in [0.15, 0.2) is 0 Å². The van der Waals surface area contributed by atoms with E-state index in [1.54, 1.807) is 0 Å². The summed E-state index contributed by atoms with van der Waals surface area (Å²) in [6.07, 6.45) is 0.717. The molecule has 1 saturated heterocycles. The summed E-state index contributed by atoms with van der Waals surface area (Å²) in [6, 6.07) is 3.12. The van der Waals surface area contributed by atoms with Crippen LogP contribution in [-0.4, -0.2) is 46.3 Å². The maximum atomic E-state index is 13.5. The quantitative estimate of drug-likeness (QED) is 0.767. The van der Waals surface area contributed by atoms with E-state index in [-0.39, 0.29) is 12.2 Å². The molecule has 0 saturated carbocycles. The van der Waals surface area contributed by atoms with Gasteiger partial charge in [0.2, 0.25) is 0 Å². The number of aliphatic hydroxyl groups is 1. The number of amides is 2. The Balaban J connectivity index is 2.15. The first-order valence-electron chi connectivity index (χ1n) is 6.25. The van der Waals surface area contributed by atoms with Gasteiger partial charge in [-0.05, 0) is 25.0 Å². The first-order valence-corrected chi connectivity index (χ1v) is 6.25.